The van der Waals surface area contributed by atoms with E-state index in [1.807, 2.05) is 68.4 Å². The van der Waals surface area contributed by atoms with Gasteiger partial charge >= 0.3 is 17.9 Å². The first kappa shape index (κ1) is 98.1. The zero-order valence-electron chi connectivity index (χ0n) is 73.9. The Bertz CT molecular complexity index is 3440. The number of rotatable bonds is 51. The predicted octanol–water partition coefficient (Wildman–Crippen LogP) is 32.5. The number of aryl methyl sites for hydroxylation is 2. The summed E-state index contributed by atoms with van der Waals surface area (Å²) < 4.78 is 18.2. The van der Waals surface area contributed by atoms with Crippen LogP contribution in [0.4, 0.5) is 0 Å². The van der Waals surface area contributed by atoms with Crippen molar-refractivity contribution in [1.82, 2.24) is 0 Å². The van der Waals surface area contributed by atoms with E-state index in [0.717, 1.165) is 100 Å². The zero-order valence-corrected chi connectivity index (χ0v) is 76.4. The molecule has 111 heavy (non-hydrogen) atoms. The average Bonchev–Trinajstić information content (AvgIpc) is 0.770. The standard InChI is InChI=1S/C58H98O4S.C32H48O2S.C12H10S/c1-39(2)23-17-25-41(5)27-19-29-43(7)31-21-33-45(9)37-53(59)61-55-50(14)51(15)58(63-57-48(12)36-35-47(11)49(57)13)52(16)56(55)62-54(60)38-46(10)34-22-32-44(8)30-20-28-42(6)26-18-24-40(3)4;1-25(2)12-9-13-26(3)14-10-15-27(4)16-11-17-28(5)24-32(33)34-29-20-22-31(23-21-29)35-30-18-7-6-8-19-30;1-3-7-11(8-4-1)13-12-9-5-2-6-10-12/h35-36,39-46H,17-34,37-38H2,1-16H3;6-8,18-23,25-28H,9-17,24H2,1-5H3;1-10H. The summed E-state index contributed by atoms with van der Waals surface area (Å²) in [6.45, 7) is 47.5. The molecule has 6 aromatic carbocycles. The zero-order chi connectivity index (χ0) is 81.6. The molecule has 6 rings (SSSR count). The topological polar surface area (TPSA) is 78.9 Å². The summed E-state index contributed by atoms with van der Waals surface area (Å²) in [7, 11) is 0. The minimum absolute atomic E-state index is 0.125. The van der Waals surface area contributed by atoms with Gasteiger partial charge in [-0.2, -0.15) is 0 Å². The summed E-state index contributed by atoms with van der Waals surface area (Å²) in [5.74, 6) is 8.75. The second-order valence-corrected chi connectivity index (χ2v) is 39.1. The second kappa shape index (κ2) is 56.1. The fourth-order valence-corrected chi connectivity index (χ4v) is 18.0. The van der Waals surface area contributed by atoms with Crippen LogP contribution in [0.25, 0.3) is 0 Å². The van der Waals surface area contributed by atoms with Gasteiger partial charge in [0.2, 0.25) is 0 Å². The first-order chi connectivity index (χ1) is 53.0. The number of benzene rings is 6. The third-order valence-corrected chi connectivity index (χ3v) is 26.4. The lowest BCUT2D eigenvalue weighted by atomic mass is 9.91. The maximum Gasteiger partial charge on any atom is 0.311 e. The molecule has 0 saturated carbocycles. The van der Waals surface area contributed by atoms with Crippen molar-refractivity contribution in [3.8, 4) is 17.2 Å². The first-order valence-electron chi connectivity index (χ1n) is 44.1. The number of ether oxygens (including phenoxy) is 3. The van der Waals surface area contributed by atoms with Crippen LogP contribution in [0.2, 0.25) is 0 Å². The van der Waals surface area contributed by atoms with Crippen LogP contribution in [-0.2, 0) is 14.4 Å². The Morgan fingerprint density at radius 1 is 0.252 bits per heavy atom. The van der Waals surface area contributed by atoms with Gasteiger partial charge in [-0.25, -0.2) is 0 Å². The summed E-state index contributed by atoms with van der Waals surface area (Å²) in [5.41, 5.74) is 6.47. The molecule has 0 saturated heterocycles. The number of carbonyl (C=O) groups is 3. The molecule has 6 aromatic rings. The molecule has 0 spiro atoms. The number of hydrogen-bond acceptors (Lipinski definition) is 9. The fourth-order valence-electron chi connectivity index (χ4n) is 15.0. The maximum absolute atomic E-state index is 13.8. The highest BCUT2D eigenvalue weighted by Crippen LogP contribution is 2.48. The van der Waals surface area contributed by atoms with Gasteiger partial charge < -0.3 is 14.2 Å². The quantitative estimate of drug-likeness (QED) is 0.0274. The van der Waals surface area contributed by atoms with Crippen LogP contribution in [0.5, 0.6) is 17.2 Å². The smallest absolute Gasteiger partial charge is 0.311 e. The summed E-state index contributed by atoms with van der Waals surface area (Å²) in [6, 6.07) is 43.2. The Labute approximate surface area is 693 Å². The molecule has 0 bridgehead atoms. The van der Waals surface area contributed by atoms with Crippen molar-refractivity contribution >= 4 is 53.2 Å². The lowest BCUT2D eigenvalue weighted by Gasteiger charge is -2.23. The molecule has 6 nitrogen and oxygen atoms in total. The Morgan fingerprint density at radius 2 is 0.514 bits per heavy atom. The first-order valence-corrected chi connectivity index (χ1v) is 46.5. The van der Waals surface area contributed by atoms with Crippen molar-refractivity contribution in [2.45, 2.75) is 367 Å². The molecule has 0 aliphatic rings. The van der Waals surface area contributed by atoms with Crippen LogP contribution < -0.4 is 14.2 Å². The molecule has 0 aromatic heterocycles. The summed E-state index contributed by atoms with van der Waals surface area (Å²) in [4.78, 5) is 47.1. The van der Waals surface area contributed by atoms with Crippen LogP contribution in [0.15, 0.2) is 157 Å². The van der Waals surface area contributed by atoms with E-state index >= 15 is 0 Å². The van der Waals surface area contributed by atoms with Crippen LogP contribution in [0.1, 0.15) is 330 Å². The van der Waals surface area contributed by atoms with E-state index in [1.165, 1.54) is 178 Å². The highest BCUT2D eigenvalue weighted by Gasteiger charge is 2.27. The molecule has 0 aliphatic carbocycles. The Hall–Kier alpha value is -5.22. The molecule has 9 atom stereocenters. The number of carbonyl (C=O) groups excluding carboxylic acids is 3. The molecular formula is C102H156O6S3. The van der Waals surface area contributed by atoms with E-state index in [4.69, 9.17) is 14.2 Å². The van der Waals surface area contributed by atoms with Gasteiger partial charge in [-0.1, -0.05) is 379 Å². The van der Waals surface area contributed by atoms with Gasteiger partial charge in [0.25, 0.3) is 0 Å². The van der Waals surface area contributed by atoms with Crippen molar-refractivity contribution in [2.24, 2.45) is 71.0 Å². The van der Waals surface area contributed by atoms with E-state index in [1.54, 1.807) is 35.3 Å². The van der Waals surface area contributed by atoms with E-state index in [9.17, 15) is 14.4 Å². The van der Waals surface area contributed by atoms with Crippen molar-refractivity contribution in [1.29, 1.82) is 0 Å². The molecule has 0 fully saturated rings. The van der Waals surface area contributed by atoms with Gasteiger partial charge in [-0.3, -0.25) is 14.4 Å². The number of esters is 3. The molecule has 0 N–H and O–H groups in total. The van der Waals surface area contributed by atoms with Gasteiger partial charge in [-0.15, -0.1) is 0 Å². The number of hydrogen-bond donors (Lipinski definition) is 0. The average molecular weight is 1570 g/mol. The summed E-state index contributed by atoms with van der Waals surface area (Å²) in [5, 5.41) is 0. The van der Waals surface area contributed by atoms with Gasteiger partial charge in [-0.05, 0) is 201 Å². The highest BCUT2D eigenvalue weighted by molar-refractivity contribution is 8.00. The lowest BCUT2D eigenvalue weighted by molar-refractivity contribution is -0.138. The molecular weight excluding hydrogens is 1420 g/mol. The molecule has 0 heterocycles. The van der Waals surface area contributed by atoms with Crippen molar-refractivity contribution in [3.63, 3.8) is 0 Å². The highest BCUT2D eigenvalue weighted by atomic mass is 32.2. The Kier molecular flexibility index (Phi) is 49.6. The molecule has 0 aliphatic heterocycles. The van der Waals surface area contributed by atoms with Crippen LogP contribution >= 0.6 is 35.3 Å². The van der Waals surface area contributed by atoms with Crippen LogP contribution in [0.3, 0.4) is 0 Å². The van der Waals surface area contributed by atoms with Crippen LogP contribution in [0, 0.1) is 113 Å². The largest absolute Gasteiger partial charge is 0.427 e. The SMILES string of the molecule is CC(C)CCCC(C)CCCC(C)CCCC(C)CC(=O)Oc1ccc(Sc2ccccc2)cc1.Cc1ccc(C)c(Sc2c(C)c(C)c(OC(=O)CC(C)CCCC(C)CCCC(C)CCCC(C)C)c(OC(=O)CC(C)CCCC(C)CCCC(C)CCCC(C)C)c2C)c1C.c1ccc(Sc2ccccc2)cc1. The minimum Gasteiger partial charge on any atom is -0.427 e. The van der Waals surface area contributed by atoms with Gasteiger partial charge in [0.05, 0.1) is 0 Å². The van der Waals surface area contributed by atoms with Gasteiger partial charge in [0.15, 0.2) is 11.5 Å². The molecule has 618 valence electrons. The van der Waals surface area contributed by atoms with Gasteiger partial charge in [0, 0.05) is 54.2 Å². The Balaban J connectivity index is 0.000000445. The minimum atomic E-state index is -0.257. The second-order valence-electron chi connectivity index (χ2n) is 35.8. The maximum atomic E-state index is 13.8. The van der Waals surface area contributed by atoms with Crippen molar-refractivity contribution in [3.05, 3.63) is 161 Å². The van der Waals surface area contributed by atoms with Crippen molar-refractivity contribution < 1.29 is 28.6 Å². The molecule has 9 heteroatoms. The normalized spacial score (nSPS) is 13.9. The molecule has 9 unspecified atom stereocenters. The lowest BCUT2D eigenvalue weighted by Crippen LogP contribution is -2.18. The molecule has 0 amide bonds. The van der Waals surface area contributed by atoms with Crippen molar-refractivity contribution in [2.75, 3.05) is 0 Å². The van der Waals surface area contributed by atoms with Gasteiger partial charge in [0.1, 0.15) is 5.75 Å². The third kappa shape index (κ3) is 43.4. The van der Waals surface area contributed by atoms with Crippen LogP contribution in [-0.4, -0.2) is 17.9 Å². The fraction of sp³-hybridized carbons (Fsp3) is 0.618. The molecule has 0 radical (unpaired) electrons. The van der Waals surface area contributed by atoms with E-state index < -0.39 is 0 Å². The third-order valence-electron chi connectivity index (χ3n) is 22.7. The van der Waals surface area contributed by atoms with E-state index in [-0.39, 0.29) is 29.7 Å². The van der Waals surface area contributed by atoms with E-state index in [2.05, 4.69) is 204 Å². The predicted molar refractivity (Wildman–Crippen MR) is 482 cm³/mol. The Morgan fingerprint density at radius 3 is 0.820 bits per heavy atom. The van der Waals surface area contributed by atoms with E-state index in [0.29, 0.717) is 54.3 Å². The summed E-state index contributed by atoms with van der Waals surface area (Å²) >= 11 is 5.22. The monoisotopic (exact) mass is 1570 g/mol. The summed E-state index contributed by atoms with van der Waals surface area (Å²) in [6.07, 6.45) is 35.6.